The van der Waals surface area contributed by atoms with Crippen molar-refractivity contribution < 1.29 is 10.2 Å². The number of unbranched alkanes of at least 4 members (excludes halogenated alkanes) is 1. The minimum atomic E-state index is 0.0780. The molecular formula is C13H21NO2. The fourth-order valence-electron chi connectivity index (χ4n) is 1.60. The molecule has 0 aliphatic carbocycles. The molecule has 0 heterocycles. The van der Waals surface area contributed by atoms with Crippen molar-refractivity contribution >= 4 is 5.69 Å². The van der Waals surface area contributed by atoms with Gasteiger partial charge in [-0.25, -0.2) is 0 Å². The molecule has 1 rings (SSSR count). The molecule has 0 saturated heterocycles. The average molecular weight is 223 g/mol. The monoisotopic (exact) mass is 223 g/mol. The number of anilines is 1. The lowest BCUT2D eigenvalue weighted by molar-refractivity contribution is 0.254. The number of hydrogen-bond acceptors (Lipinski definition) is 3. The third-order valence-corrected chi connectivity index (χ3v) is 2.60. The topological polar surface area (TPSA) is 52.5 Å². The Hall–Kier alpha value is -1.06. The van der Waals surface area contributed by atoms with Crippen molar-refractivity contribution in [2.24, 2.45) is 0 Å². The summed E-state index contributed by atoms with van der Waals surface area (Å²) in [5.41, 5.74) is 2.26. The summed E-state index contributed by atoms with van der Waals surface area (Å²) >= 11 is 0. The maximum atomic E-state index is 9.22. The van der Waals surface area contributed by atoms with Gasteiger partial charge in [0.2, 0.25) is 0 Å². The maximum absolute atomic E-state index is 9.22. The summed E-state index contributed by atoms with van der Waals surface area (Å²) in [4.78, 5) is 0. The Kier molecular flexibility index (Phi) is 5.90. The SMILES string of the molecule is Cc1ccc(NC(CO)CCCCO)cc1. The summed E-state index contributed by atoms with van der Waals surface area (Å²) in [6, 6.07) is 8.21. The predicted octanol–water partition coefficient (Wildman–Crippen LogP) is 1.93. The summed E-state index contributed by atoms with van der Waals surface area (Å²) in [7, 11) is 0. The second-order valence-corrected chi connectivity index (χ2v) is 4.11. The van der Waals surface area contributed by atoms with Crippen molar-refractivity contribution in [3.63, 3.8) is 0 Å². The van der Waals surface area contributed by atoms with Gasteiger partial charge in [-0.2, -0.15) is 0 Å². The Morgan fingerprint density at radius 2 is 1.81 bits per heavy atom. The van der Waals surface area contributed by atoms with E-state index in [1.807, 2.05) is 24.3 Å². The van der Waals surface area contributed by atoms with Crippen LogP contribution in [0.5, 0.6) is 0 Å². The average Bonchev–Trinajstić information content (AvgIpc) is 2.31. The van der Waals surface area contributed by atoms with Crippen LogP contribution in [-0.4, -0.2) is 29.5 Å². The molecule has 3 nitrogen and oxygen atoms in total. The third kappa shape index (κ3) is 4.64. The predicted molar refractivity (Wildman–Crippen MR) is 66.6 cm³/mol. The quantitative estimate of drug-likeness (QED) is 0.619. The van der Waals surface area contributed by atoms with Gasteiger partial charge in [-0.1, -0.05) is 17.7 Å². The minimum Gasteiger partial charge on any atom is -0.396 e. The van der Waals surface area contributed by atoms with E-state index < -0.39 is 0 Å². The molecule has 0 saturated carbocycles. The molecule has 0 aliphatic heterocycles. The van der Waals surface area contributed by atoms with Gasteiger partial charge in [-0.15, -0.1) is 0 Å². The van der Waals surface area contributed by atoms with Crippen LogP contribution in [0.15, 0.2) is 24.3 Å². The van der Waals surface area contributed by atoms with Gasteiger partial charge in [0.05, 0.1) is 6.61 Å². The highest BCUT2D eigenvalue weighted by molar-refractivity contribution is 5.45. The zero-order valence-electron chi connectivity index (χ0n) is 9.82. The van der Waals surface area contributed by atoms with Crippen molar-refractivity contribution in [1.82, 2.24) is 0 Å². The van der Waals surface area contributed by atoms with E-state index in [4.69, 9.17) is 5.11 Å². The number of benzene rings is 1. The molecule has 0 radical (unpaired) electrons. The van der Waals surface area contributed by atoms with Crippen LogP contribution in [0.25, 0.3) is 0 Å². The molecule has 3 heteroatoms. The maximum Gasteiger partial charge on any atom is 0.0632 e. The number of aliphatic hydroxyl groups is 2. The molecular weight excluding hydrogens is 202 g/mol. The van der Waals surface area contributed by atoms with E-state index in [0.717, 1.165) is 24.9 Å². The lowest BCUT2D eigenvalue weighted by Crippen LogP contribution is -2.23. The van der Waals surface area contributed by atoms with Crippen LogP contribution < -0.4 is 5.32 Å². The van der Waals surface area contributed by atoms with Gasteiger partial charge in [0.25, 0.3) is 0 Å². The van der Waals surface area contributed by atoms with Crippen molar-refractivity contribution in [3.8, 4) is 0 Å². The van der Waals surface area contributed by atoms with E-state index in [1.54, 1.807) is 0 Å². The Morgan fingerprint density at radius 1 is 1.12 bits per heavy atom. The van der Waals surface area contributed by atoms with Crippen LogP contribution in [0.4, 0.5) is 5.69 Å². The summed E-state index contributed by atoms with van der Waals surface area (Å²) in [6.07, 6.45) is 2.61. The van der Waals surface area contributed by atoms with E-state index >= 15 is 0 Å². The van der Waals surface area contributed by atoms with Crippen molar-refractivity contribution in [3.05, 3.63) is 29.8 Å². The zero-order chi connectivity index (χ0) is 11.8. The van der Waals surface area contributed by atoms with Crippen molar-refractivity contribution in [2.45, 2.75) is 32.2 Å². The van der Waals surface area contributed by atoms with Crippen LogP contribution in [0.3, 0.4) is 0 Å². The van der Waals surface area contributed by atoms with Crippen molar-refractivity contribution in [2.75, 3.05) is 18.5 Å². The molecule has 16 heavy (non-hydrogen) atoms. The third-order valence-electron chi connectivity index (χ3n) is 2.60. The van der Waals surface area contributed by atoms with Gasteiger partial charge >= 0.3 is 0 Å². The molecule has 1 atom stereocenters. The van der Waals surface area contributed by atoms with Gasteiger partial charge in [0.1, 0.15) is 0 Å². The second-order valence-electron chi connectivity index (χ2n) is 4.11. The van der Waals surface area contributed by atoms with E-state index in [1.165, 1.54) is 5.56 Å². The summed E-state index contributed by atoms with van der Waals surface area (Å²) in [6.45, 7) is 2.40. The first kappa shape index (κ1) is 13.0. The Morgan fingerprint density at radius 3 is 2.38 bits per heavy atom. The highest BCUT2D eigenvalue weighted by Crippen LogP contribution is 2.12. The molecule has 0 spiro atoms. The van der Waals surface area contributed by atoms with E-state index in [2.05, 4.69) is 12.2 Å². The molecule has 0 fully saturated rings. The van der Waals surface area contributed by atoms with E-state index in [9.17, 15) is 5.11 Å². The Labute approximate surface area is 97.1 Å². The van der Waals surface area contributed by atoms with Crippen LogP contribution in [-0.2, 0) is 0 Å². The van der Waals surface area contributed by atoms with Gasteiger partial charge < -0.3 is 15.5 Å². The fraction of sp³-hybridized carbons (Fsp3) is 0.538. The first-order chi connectivity index (χ1) is 7.76. The van der Waals surface area contributed by atoms with Gasteiger partial charge in [-0.05, 0) is 38.3 Å². The molecule has 0 amide bonds. The number of nitrogens with one attached hydrogen (secondary N) is 1. The Bertz CT molecular complexity index is 284. The first-order valence-corrected chi connectivity index (χ1v) is 5.81. The molecule has 1 aromatic carbocycles. The molecule has 0 bridgehead atoms. The van der Waals surface area contributed by atoms with Crippen molar-refractivity contribution in [1.29, 1.82) is 0 Å². The van der Waals surface area contributed by atoms with Gasteiger partial charge in [0.15, 0.2) is 0 Å². The summed E-state index contributed by atoms with van der Waals surface area (Å²) in [5, 5.41) is 21.2. The molecule has 1 unspecified atom stereocenters. The molecule has 0 aliphatic rings. The largest absolute Gasteiger partial charge is 0.396 e. The Balaban J connectivity index is 2.40. The van der Waals surface area contributed by atoms with Crippen LogP contribution >= 0.6 is 0 Å². The van der Waals surface area contributed by atoms with Crippen LogP contribution in [0, 0.1) is 6.92 Å². The molecule has 3 N–H and O–H groups in total. The van der Waals surface area contributed by atoms with Gasteiger partial charge in [0, 0.05) is 18.3 Å². The molecule has 1 aromatic rings. The zero-order valence-corrected chi connectivity index (χ0v) is 9.82. The minimum absolute atomic E-state index is 0.0780. The lowest BCUT2D eigenvalue weighted by Gasteiger charge is -2.17. The number of rotatable bonds is 7. The summed E-state index contributed by atoms with van der Waals surface area (Å²) in [5.74, 6) is 0. The highest BCUT2D eigenvalue weighted by atomic mass is 16.3. The van der Waals surface area contributed by atoms with E-state index in [-0.39, 0.29) is 19.3 Å². The van der Waals surface area contributed by atoms with Crippen LogP contribution in [0.1, 0.15) is 24.8 Å². The normalized spacial score (nSPS) is 12.4. The molecule has 90 valence electrons. The number of hydrogen-bond donors (Lipinski definition) is 3. The molecule has 0 aromatic heterocycles. The fourth-order valence-corrected chi connectivity index (χ4v) is 1.60. The number of aryl methyl sites for hydroxylation is 1. The van der Waals surface area contributed by atoms with Gasteiger partial charge in [-0.3, -0.25) is 0 Å². The smallest absolute Gasteiger partial charge is 0.0632 e. The second kappa shape index (κ2) is 7.25. The number of aliphatic hydroxyl groups excluding tert-OH is 2. The van der Waals surface area contributed by atoms with Crippen LogP contribution in [0.2, 0.25) is 0 Å². The highest BCUT2D eigenvalue weighted by Gasteiger charge is 2.06. The first-order valence-electron chi connectivity index (χ1n) is 5.81. The lowest BCUT2D eigenvalue weighted by atomic mass is 10.1. The van der Waals surface area contributed by atoms with E-state index in [0.29, 0.717) is 0 Å². The summed E-state index contributed by atoms with van der Waals surface area (Å²) < 4.78 is 0. The standard InChI is InChI=1S/C13H21NO2/c1-11-5-7-12(8-6-11)14-13(10-16)4-2-3-9-15/h5-8,13-16H,2-4,9-10H2,1H3.